The van der Waals surface area contributed by atoms with Crippen molar-refractivity contribution in [1.29, 1.82) is 0 Å². The van der Waals surface area contributed by atoms with Crippen molar-refractivity contribution in [2.75, 3.05) is 27.3 Å². The van der Waals surface area contributed by atoms with Gasteiger partial charge in [-0.3, -0.25) is 0 Å². The SMILES string of the molecule is COC(=O)/C=C/CCN(CC/C=C/C(=O)OC)S(=O)(=O)c1ccc(C)cc1. The lowest BCUT2D eigenvalue weighted by molar-refractivity contribution is -0.135. The largest absolute Gasteiger partial charge is 0.466 e. The van der Waals surface area contributed by atoms with Gasteiger partial charge in [0.05, 0.1) is 19.1 Å². The molecule has 0 bridgehead atoms. The number of hydrogen-bond acceptors (Lipinski definition) is 6. The van der Waals surface area contributed by atoms with Crippen molar-refractivity contribution in [3.63, 3.8) is 0 Å². The summed E-state index contributed by atoms with van der Waals surface area (Å²) in [5, 5.41) is 0. The van der Waals surface area contributed by atoms with Crippen LogP contribution in [0.1, 0.15) is 18.4 Å². The van der Waals surface area contributed by atoms with E-state index in [4.69, 9.17) is 0 Å². The maximum absolute atomic E-state index is 12.9. The Morgan fingerprint density at radius 1 is 0.926 bits per heavy atom. The molecule has 0 atom stereocenters. The summed E-state index contributed by atoms with van der Waals surface area (Å²) in [6.07, 6.45) is 6.34. The summed E-state index contributed by atoms with van der Waals surface area (Å²) >= 11 is 0. The molecular weight excluding hydrogens is 370 g/mol. The predicted octanol–water partition coefficient (Wildman–Crippen LogP) is 2.22. The Hall–Kier alpha value is -2.45. The van der Waals surface area contributed by atoms with Crippen LogP contribution in [0.3, 0.4) is 0 Å². The van der Waals surface area contributed by atoms with E-state index in [2.05, 4.69) is 9.47 Å². The van der Waals surface area contributed by atoms with Gasteiger partial charge in [-0.25, -0.2) is 18.0 Å². The van der Waals surface area contributed by atoms with Gasteiger partial charge in [-0.2, -0.15) is 4.31 Å². The van der Waals surface area contributed by atoms with Crippen LogP contribution in [0.15, 0.2) is 53.5 Å². The molecule has 0 aromatic heterocycles. The summed E-state index contributed by atoms with van der Waals surface area (Å²) in [5.41, 5.74) is 0.961. The van der Waals surface area contributed by atoms with Crippen molar-refractivity contribution in [1.82, 2.24) is 4.31 Å². The zero-order valence-electron chi connectivity index (χ0n) is 15.8. The van der Waals surface area contributed by atoms with E-state index in [0.29, 0.717) is 12.8 Å². The van der Waals surface area contributed by atoms with Gasteiger partial charge in [0, 0.05) is 25.2 Å². The van der Waals surface area contributed by atoms with Gasteiger partial charge in [0.25, 0.3) is 0 Å². The van der Waals surface area contributed by atoms with Crippen LogP contribution in [0.25, 0.3) is 0 Å². The molecule has 0 radical (unpaired) electrons. The lowest BCUT2D eigenvalue weighted by atomic mass is 10.2. The van der Waals surface area contributed by atoms with E-state index >= 15 is 0 Å². The second-order valence-corrected chi connectivity index (χ2v) is 7.58. The van der Waals surface area contributed by atoms with Crippen LogP contribution < -0.4 is 0 Å². The van der Waals surface area contributed by atoms with Gasteiger partial charge in [0.2, 0.25) is 10.0 Å². The third-order valence-electron chi connectivity index (χ3n) is 3.66. The first-order valence-electron chi connectivity index (χ1n) is 8.37. The molecule has 0 unspecified atom stereocenters. The van der Waals surface area contributed by atoms with Gasteiger partial charge in [0.15, 0.2) is 0 Å². The number of carbonyl (C=O) groups excluding carboxylic acids is 2. The number of nitrogens with zero attached hydrogens (tertiary/aromatic N) is 1. The molecule has 27 heavy (non-hydrogen) atoms. The first-order chi connectivity index (χ1) is 12.8. The third-order valence-corrected chi connectivity index (χ3v) is 5.57. The highest BCUT2D eigenvalue weighted by molar-refractivity contribution is 7.89. The number of ether oxygens (including phenoxy) is 2. The Bertz CT molecular complexity index is 751. The minimum atomic E-state index is -3.70. The average molecular weight is 395 g/mol. The Labute approximate surface area is 160 Å². The Balaban J connectivity index is 2.89. The van der Waals surface area contributed by atoms with Crippen LogP contribution in [-0.4, -0.2) is 52.0 Å². The zero-order valence-corrected chi connectivity index (χ0v) is 16.6. The van der Waals surface area contributed by atoms with E-state index in [-0.39, 0.29) is 18.0 Å². The first kappa shape index (κ1) is 22.6. The number of rotatable bonds is 10. The number of esters is 2. The van der Waals surface area contributed by atoms with Crippen LogP contribution in [0.5, 0.6) is 0 Å². The van der Waals surface area contributed by atoms with Crippen molar-refractivity contribution in [3.8, 4) is 0 Å². The smallest absolute Gasteiger partial charge is 0.330 e. The van der Waals surface area contributed by atoms with Gasteiger partial charge < -0.3 is 9.47 Å². The lowest BCUT2D eigenvalue weighted by Gasteiger charge is -2.21. The second kappa shape index (κ2) is 11.3. The van der Waals surface area contributed by atoms with Crippen molar-refractivity contribution in [2.45, 2.75) is 24.7 Å². The van der Waals surface area contributed by atoms with Crippen LogP contribution in [0.4, 0.5) is 0 Å². The summed E-state index contributed by atoms with van der Waals surface area (Å²) in [6, 6.07) is 6.59. The first-order valence-corrected chi connectivity index (χ1v) is 9.81. The van der Waals surface area contributed by atoms with Crippen LogP contribution in [0, 0.1) is 6.92 Å². The minimum absolute atomic E-state index is 0.190. The summed E-state index contributed by atoms with van der Waals surface area (Å²) in [7, 11) is -1.15. The highest BCUT2D eigenvalue weighted by atomic mass is 32.2. The molecule has 0 N–H and O–H groups in total. The van der Waals surface area contributed by atoms with E-state index in [9.17, 15) is 18.0 Å². The van der Waals surface area contributed by atoms with Gasteiger partial charge in [-0.1, -0.05) is 29.8 Å². The van der Waals surface area contributed by atoms with Gasteiger partial charge in [-0.05, 0) is 31.9 Å². The standard InChI is InChI=1S/C19H25NO6S/c1-16-10-12-17(13-11-16)27(23,24)20(14-6-4-8-18(21)25-2)15-7-5-9-19(22)26-3/h4-5,8-13H,6-7,14-15H2,1-3H3/b8-4+,9-5+. The van der Waals surface area contributed by atoms with Crippen LogP contribution >= 0.6 is 0 Å². The number of benzene rings is 1. The Kier molecular flexibility index (Phi) is 9.46. The minimum Gasteiger partial charge on any atom is -0.466 e. The molecule has 1 rings (SSSR count). The quantitative estimate of drug-likeness (QED) is 0.446. The fourth-order valence-corrected chi connectivity index (χ4v) is 3.61. The number of hydrogen-bond donors (Lipinski definition) is 0. The van der Waals surface area contributed by atoms with Gasteiger partial charge >= 0.3 is 11.9 Å². The van der Waals surface area contributed by atoms with E-state index < -0.39 is 22.0 Å². The normalized spacial score (nSPS) is 12.0. The fourth-order valence-electron chi connectivity index (χ4n) is 2.14. The van der Waals surface area contributed by atoms with Gasteiger partial charge in [0.1, 0.15) is 0 Å². The van der Waals surface area contributed by atoms with Crippen molar-refractivity contribution < 1.29 is 27.5 Å². The summed E-state index contributed by atoms with van der Waals surface area (Å²) in [4.78, 5) is 22.4. The molecule has 0 aliphatic rings. The molecule has 148 valence electrons. The summed E-state index contributed by atoms with van der Waals surface area (Å²) < 4.78 is 36.1. The van der Waals surface area contributed by atoms with E-state index in [0.717, 1.165) is 5.56 Å². The van der Waals surface area contributed by atoms with Crippen molar-refractivity contribution >= 4 is 22.0 Å². The molecule has 0 aliphatic carbocycles. The maximum atomic E-state index is 12.9. The Morgan fingerprint density at radius 3 is 1.78 bits per heavy atom. The molecule has 0 spiro atoms. The average Bonchev–Trinajstić information content (AvgIpc) is 2.66. The molecule has 1 aromatic carbocycles. The summed E-state index contributed by atoms with van der Waals surface area (Å²) in [5.74, 6) is -0.993. The molecule has 8 heteroatoms. The van der Waals surface area contributed by atoms with E-state index in [1.807, 2.05) is 6.92 Å². The van der Waals surface area contributed by atoms with Crippen LogP contribution in [-0.2, 0) is 29.1 Å². The van der Waals surface area contributed by atoms with Crippen molar-refractivity contribution in [2.24, 2.45) is 0 Å². The maximum Gasteiger partial charge on any atom is 0.330 e. The van der Waals surface area contributed by atoms with Crippen LogP contribution in [0.2, 0.25) is 0 Å². The van der Waals surface area contributed by atoms with Gasteiger partial charge in [-0.15, -0.1) is 0 Å². The summed E-state index contributed by atoms with van der Waals surface area (Å²) in [6.45, 7) is 2.26. The molecular formula is C19H25NO6S. The topological polar surface area (TPSA) is 90.0 Å². The Morgan fingerprint density at radius 2 is 1.37 bits per heavy atom. The molecule has 0 saturated carbocycles. The molecule has 7 nitrogen and oxygen atoms in total. The lowest BCUT2D eigenvalue weighted by Crippen LogP contribution is -2.32. The third kappa shape index (κ3) is 7.76. The fraction of sp³-hybridized carbons (Fsp3) is 0.368. The monoisotopic (exact) mass is 395 g/mol. The molecule has 0 fully saturated rings. The molecule has 0 saturated heterocycles. The van der Waals surface area contributed by atoms with E-state index in [1.165, 1.54) is 30.7 Å². The zero-order chi connectivity index (χ0) is 20.3. The number of methoxy groups -OCH3 is 2. The highest BCUT2D eigenvalue weighted by Gasteiger charge is 2.23. The predicted molar refractivity (Wildman–Crippen MR) is 101 cm³/mol. The number of carbonyl (C=O) groups is 2. The highest BCUT2D eigenvalue weighted by Crippen LogP contribution is 2.17. The second-order valence-electron chi connectivity index (χ2n) is 5.65. The molecule has 1 aromatic rings. The van der Waals surface area contributed by atoms with E-state index in [1.54, 1.807) is 36.4 Å². The molecule has 0 aliphatic heterocycles. The molecule has 0 heterocycles. The number of aryl methyl sites for hydroxylation is 1. The molecule has 0 amide bonds. The van der Waals surface area contributed by atoms with Crippen molar-refractivity contribution in [3.05, 3.63) is 54.1 Å². The number of sulfonamides is 1.